The average Bonchev–Trinajstić information content (AvgIpc) is 3.26. The van der Waals surface area contributed by atoms with E-state index in [1.54, 1.807) is 45.0 Å². The number of hydrogen-bond acceptors (Lipinski definition) is 7. The average molecular weight is 619 g/mol. The monoisotopic (exact) mass is 618 g/mol. The molecule has 3 rings (SSSR count). The molecule has 0 unspecified atom stereocenters. The van der Waals surface area contributed by atoms with Crippen LogP contribution in [-0.2, 0) is 19.1 Å². The molecular formula is C28H31Cl2F3N2O6. The lowest BCUT2D eigenvalue weighted by Crippen LogP contribution is -2.50. The second-order valence-corrected chi connectivity index (χ2v) is 11.2. The van der Waals surface area contributed by atoms with Crippen LogP contribution < -0.4 is 10.1 Å². The highest BCUT2D eigenvalue weighted by atomic mass is 35.5. The number of carbonyl (C=O) groups excluding carboxylic acids is 2. The van der Waals surface area contributed by atoms with Gasteiger partial charge in [0.15, 0.2) is 11.6 Å². The summed E-state index contributed by atoms with van der Waals surface area (Å²) in [5.74, 6) is -1.32. The standard InChI is InChI=1S/C28H31Cl2F3N2O6/c1-26(2,3)41-22(37)11-12-27(25(38)34-16-28(31,32)33)23(20-10-7-18(29)15-21(20)30)40-24(35-27)17-5-8-19(9-6-17)39-14-4-13-36/h5-10,15,23,36H,4,11-14,16H2,1-3H3,(H,34,38)/t23-,27-/m1/s1. The molecular weight excluding hydrogens is 588 g/mol. The lowest BCUT2D eigenvalue weighted by Gasteiger charge is -2.31. The molecule has 0 bridgehead atoms. The van der Waals surface area contributed by atoms with Gasteiger partial charge in [0.05, 0.1) is 6.61 Å². The zero-order valence-corrected chi connectivity index (χ0v) is 24.2. The minimum absolute atomic E-state index is 0.0286. The number of aliphatic hydroxyl groups is 1. The van der Waals surface area contributed by atoms with Crippen LogP contribution in [-0.4, -0.2) is 60.0 Å². The minimum atomic E-state index is -4.70. The topological polar surface area (TPSA) is 106 Å². The van der Waals surface area contributed by atoms with Gasteiger partial charge < -0.3 is 24.6 Å². The Morgan fingerprint density at radius 3 is 2.39 bits per heavy atom. The van der Waals surface area contributed by atoms with E-state index in [9.17, 15) is 22.8 Å². The molecule has 0 fully saturated rings. The molecule has 0 spiro atoms. The summed E-state index contributed by atoms with van der Waals surface area (Å²) in [5.41, 5.74) is -2.21. The van der Waals surface area contributed by atoms with Crippen molar-refractivity contribution in [1.29, 1.82) is 0 Å². The zero-order chi connectivity index (χ0) is 30.4. The smallest absolute Gasteiger partial charge is 0.405 e. The first kappa shape index (κ1) is 32.5. The molecule has 2 aromatic rings. The van der Waals surface area contributed by atoms with Crippen molar-refractivity contribution in [2.45, 2.75) is 63.5 Å². The molecule has 8 nitrogen and oxygen atoms in total. The third-order valence-corrected chi connectivity index (χ3v) is 6.42. The molecule has 224 valence electrons. The highest BCUT2D eigenvalue weighted by Crippen LogP contribution is 2.46. The molecule has 0 radical (unpaired) electrons. The Morgan fingerprint density at radius 1 is 1.12 bits per heavy atom. The van der Waals surface area contributed by atoms with E-state index in [-0.39, 0.29) is 47.6 Å². The Bertz CT molecular complexity index is 1260. The van der Waals surface area contributed by atoms with Crippen LogP contribution in [0.25, 0.3) is 0 Å². The predicted molar refractivity (Wildman–Crippen MR) is 147 cm³/mol. The molecule has 13 heteroatoms. The van der Waals surface area contributed by atoms with E-state index in [0.717, 1.165) is 0 Å². The third kappa shape index (κ3) is 8.98. The van der Waals surface area contributed by atoms with Crippen LogP contribution in [0.15, 0.2) is 47.5 Å². The Morgan fingerprint density at radius 2 is 1.80 bits per heavy atom. The first-order valence-corrected chi connectivity index (χ1v) is 13.5. The molecule has 1 aliphatic heterocycles. The van der Waals surface area contributed by atoms with E-state index >= 15 is 0 Å². The maximum absolute atomic E-state index is 13.6. The van der Waals surface area contributed by atoms with Gasteiger partial charge in [0, 0.05) is 40.6 Å². The van der Waals surface area contributed by atoms with E-state index in [2.05, 4.69) is 4.99 Å². The van der Waals surface area contributed by atoms with Gasteiger partial charge >= 0.3 is 12.1 Å². The Hall–Kier alpha value is -3.02. The highest BCUT2D eigenvalue weighted by molar-refractivity contribution is 6.35. The lowest BCUT2D eigenvalue weighted by atomic mass is 9.83. The quantitative estimate of drug-likeness (QED) is 0.243. The first-order chi connectivity index (χ1) is 19.1. The van der Waals surface area contributed by atoms with Crippen LogP contribution in [0.3, 0.4) is 0 Å². The number of alkyl halides is 3. The van der Waals surface area contributed by atoms with Gasteiger partial charge in [0.2, 0.25) is 5.90 Å². The third-order valence-electron chi connectivity index (χ3n) is 5.85. The Kier molecular flexibility index (Phi) is 10.5. The molecule has 1 heterocycles. The number of esters is 1. The van der Waals surface area contributed by atoms with Crippen molar-refractivity contribution >= 4 is 41.0 Å². The summed E-state index contributed by atoms with van der Waals surface area (Å²) in [4.78, 5) is 30.8. The van der Waals surface area contributed by atoms with Gasteiger partial charge in [-0.1, -0.05) is 29.3 Å². The number of aliphatic hydroxyl groups excluding tert-OH is 1. The van der Waals surface area contributed by atoms with E-state index in [1.807, 2.05) is 5.32 Å². The molecule has 1 aliphatic rings. The maximum Gasteiger partial charge on any atom is 0.405 e. The number of benzene rings is 2. The van der Waals surface area contributed by atoms with Crippen LogP contribution >= 0.6 is 23.2 Å². The molecule has 2 aromatic carbocycles. The summed E-state index contributed by atoms with van der Waals surface area (Å²) in [6.07, 6.45) is -6.27. The fourth-order valence-corrected chi connectivity index (χ4v) is 4.59. The molecule has 1 amide bonds. The van der Waals surface area contributed by atoms with E-state index in [4.69, 9.17) is 42.5 Å². The SMILES string of the molecule is CC(C)(C)OC(=O)CC[C@@]1(C(=O)NCC(F)(F)F)N=C(c2ccc(OCCCO)cc2)O[C@@H]1c1ccc(Cl)cc1Cl. The van der Waals surface area contributed by atoms with Gasteiger partial charge in [0.1, 0.15) is 17.9 Å². The fraction of sp³-hybridized carbons (Fsp3) is 0.464. The van der Waals surface area contributed by atoms with Gasteiger partial charge in [0.25, 0.3) is 5.91 Å². The van der Waals surface area contributed by atoms with Crippen LogP contribution in [0, 0.1) is 0 Å². The van der Waals surface area contributed by atoms with Crippen molar-refractivity contribution in [2.24, 2.45) is 4.99 Å². The molecule has 0 saturated carbocycles. The maximum atomic E-state index is 13.6. The Balaban J connectivity index is 2.07. The van der Waals surface area contributed by atoms with Crippen molar-refractivity contribution in [3.63, 3.8) is 0 Å². The largest absolute Gasteiger partial charge is 0.494 e. The number of halogens is 5. The van der Waals surface area contributed by atoms with Crippen LogP contribution in [0.1, 0.15) is 57.3 Å². The second-order valence-electron chi connectivity index (χ2n) is 10.3. The first-order valence-electron chi connectivity index (χ1n) is 12.8. The zero-order valence-electron chi connectivity index (χ0n) is 22.7. The minimum Gasteiger partial charge on any atom is -0.494 e. The summed E-state index contributed by atoms with van der Waals surface area (Å²) < 4.78 is 56.4. The van der Waals surface area contributed by atoms with Gasteiger partial charge in [-0.25, -0.2) is 4.99 Å². The summed E-state index contributed by atoms with van der Waals surface area (Å²) in [5, 5.41) is 11.2. The molecule has 0 saturated heterocycles. The van der Waals surface area contributed by atoms with Crippen molar-refractivity contribution in [1.82, 2.24) is 5.32 Å². The van der Waals surface area contributed by atoms with Gasteiger partial charge in [-0.05, 0) is 63.6 Å². The normalized spacial score (nSPS) is 18.9. The summed E-state index contributed by atoms with van der Waals surface area (Å²) >= 11 is 12.5. The number of aliphatic imine (C=N–C) groups is 1. The van der Waals surface area contributed by atoms with Gasteiger partial charge in [-0.15, -0.1) is 0 Å². The van der Waals surface area contributed by atoms with E-state index in [1.165, 1.54) is 18.2 Å². The van der Waals surface area contributed by atoms with Crippen molar-refractivity contribution in [2.75, 3.05) is 19.8 Å². The van der Waals surface area contributed by atoms with E-state index < -0.39 is 41.8 Å². The number of amides is 1. The number of nitrogens with zero attached hydrogens (tertiary/aromatic N) is 1. The molecule has 0 aromatic heterocycles. The molecule has 2 N–H and O–H groups in total. The lowest BCUT2D eigenvalue weighted by molar-refractivity contribution is -0.156. The van der Waals surface area contributed by atoms with Crippen molar-refractivity contribution < 1.29 is 42.1 Å². The van der Waals surface area contributed by atoms with Crippen LogP contribution in [0.5, 0.6) is 5.75 Å². The number of carbonyl (C=O) groups is 2. The number of hydrogen-bond donors (Lipinski definition) is 2. The number of rotatable bonds is 11. The summed E-state index contributed by atoms with van der Waals surface area (Å²) in [6, 6.07) is 10.8. The summed E-state index contributed by atoms with van der Waals surface area (Å²) in [7, 11) is 0. The number of ether oxygens (including phenoxy) is 3. The van der Waals surface area contributed by atoms with Crippen LogP contribution in [0.2, 0.25) is 10.0 Å². The molecule has 0 aliphatic carbocycles. The fourth-order valence-electron chi connectivity index (χ4n) is 4.08. The summed E-state index contributed by atoms with van der Waals surface area (Å²) in [6.45, 7) is 3.64. The van der Waals surface area contributed by atoms with Gasteiger partial charge in [-0.3, -0.25) is 9.59 Å². The predicted octanol–water partition coefficient (Wildman–Crippen LogP) is 5.81. The van der Waals surface area contributed by atoms with Crippen molar-refractivity contribution in [3.05, 3.63) is 63.6 Å². The van der Waals surface area contributed by atoms with E-state index in [0.29, 0.717) is 17.7 Å². The van der Waals surface area contributed by atoms with Gasteiger partial charge in [-0.2, -0.15) is 13.2 Å². The van der Waals surface area contributed by atoms with Crippen LogP contribution in [0.4, 0.5) is 13.2 Å². The second kappa shape index (κ2) is 13.3. The Labute approximate surface area is 245 Å². The molecule has 41 heavy (non-hydrogen) atoms. The van der Waals surface area contributed by atoms with Crippen molar-refractivity contribution in [3.8, 4) is 5.75 Å². The highest BCUT2D eigenvalue weighted by Gasteiger charge is 2.54. The number of nitrogens with one attached hydrogen (secondary N) is 1. The molecule has 2 atom stereocenters.